The van der Waals surface area contributed by atoms with Gasteiger partial charge < -0.3 is 10.3 Å². The third-order valence-electron chi connectivity index (χ3n) is 5.39. The molecule has 0 saturated heterocycles. The number of carbonyl (C=O) groups is 1. The van der Waals surface area contributed by atoms with Crippen LogP contribution in [-0.2, 0) is 7.05 Å². The molecule has 2 N–H and O–H groups in total. The Balaban J connectivity index is 1.89. The van der Waals surface area contributed by atoms with Gasteiger partial charge in [-0.25, -0.2) is 0 Å². The van der Waals surface area contributed by atoms with Crippen molar-refractivity contribution in [2.75, 3.05) is 0 Å². The van der Waals surface area contributed by atoms with Gasteiger partial charge in [-0.05, 0) is 48.7 Å². The van der Waals surface area contributed by atoms with Gasteiger partial charge >= 0.3 is 0 Å². The zero-order chi connectivity index (χ0) is 17.4. The number of H-pyrrole nitrogens is 1. The first-order valence-corrected chi connectivity index (χ1v) is 8.83. The van der Waals surface area contributed by atoms with Crippen LogP contribution in [0.25, 0.3) is 10.9 Å². The maximum atomic E-state index is 12.6. The zero-order valence-corrected chi connectivity index (χ0v) is 15.1. The van der Waals surface area contributed by atoms with Crippen LogP contribution in [0.5, 0.6) is 0 Å². The number of amides is 1. The van der Waals surface area contributed by atoms with Gasteiger partial charge in [0.15, 0.2) is 4.77 Å². The van der Waals surface area contributed by atoms with Crippen molar-refractivity contribution in [1.82, 2.24) is 14.9 Å². The molecule has 128 valence electrons. The van der Waals surface area contributed by atoms with Gasteiger partial charge in [-0.2, -0.15) is 0 Å². The van der Waals surface area contributed by atoms with Gasteiger partial charge in [0.25, 0.3) is 11.5 Å². The summed E-state index contributed by atoms with van der Waals surface area (Å²) in [4.78, 5) is 27.8. The molecule has 0 spiro atoms. The van der Waals surface area contributed by atoms with E-state index < -0.39 is 0 Å². The normalized spacial score (nSPS) is 24.0. The SMILES string of the molecule is C[C@@H]1[C@H](C)CCC[C@@H]1NC(=O)c1ccc2c(=O)n(C)c(=S)[nH]c2c1. The summed E-state index contributed by atoms with van der Waals surface area (Å²) < 4.78 is 1.74. The Kier molecular flexibility index (Phi) is 4.58. The fourth-order valence-electron chi connectivity index (χ4n) is 3.48. The van der Waals surface area contributed by atoms with Gasteiger partial charge in [0.2, 0.25) is 0 Å². The Bertz CT molecular complexity index is 899. The first-order chi connectivity index (χ1) is 11.4. The lowest BCUT2D eigenvalue weighted by Gasteiger charge is -2.34. The zero-order valence-electron chi connectivity index (χ0n) is 14.3. The van der Waals surface area contributed by atoms with Gasteiger partial charge in [0.05, 0.1) is 10.9 Å². The Morgan fingerprint density at radius 3 is 2.83 bits per heavy atom. The molecule has 6 heteroatoms. The van der Waals surface area contributed by atoms with Crippen LogP contribution in [0.1, 0.15) is 43.5 Å². The van der Waals surface area contributed by atoms with Crippen LogP contribution in [0.3, 0.4) is 0 Å². The number of carbonyl (C=O) groups excluding carboxylic acids is 1. The number of benzene rings is 1. The molecule has 1 aromatic carbocycles. The van der Waals surface area contributed by atoms with Gasteiger partial charge in [-0.3, -0.25) is 14.2 Å². The minimum absolute atomic E-state index is 0.0946. The Hall–Kier alpha value is -1.95. The van der Waals surface area contributed by atoms with Gasteiger partial charge in [0, 0.05) is 18.7 Å². The van der Waals surface area contributed by atoms with Crippen molar-refractivity contribution in [3.05, 3.63) is 38.9 Å². The van der Waals surface area contributed by atoms with E-state index in [9.17, 15) is 9.59 Å². The van der Waals surface area contributed by atoms with E-state index in [4.69, 9.17) is 12.2 Å². The van der Waals surface area contributed by atoms with E-state index >= 15 is 0 Å². The number of nitrogens with zero attached hydrogens (tertiary/aromatic N) is 1. The molecule has 0 radical (unpaired) electrons. The van der Waals surface area contributed by atoms with Gasteiger partial charge in [-0.1, -0.05) is 26.7 Å². The quantitative estimate of drug-likeness (QED) is 0.822. The molecule has 1 saturated carbocycles. The van der Waals surface area contributed by atoms with Gasteiger partial charge in [0.1, 0.15) is 0 Å². The highest BCUT2D eigenvalue weighted by molar-refractivity contribution is 7.71. The summed E-state index contributed by atoms with van der Waals surface area (Å²) in [7, 11) is 1.63. The van der Waals surface area contributed by atoms with Crippen LogP contribution >= 0.6 is 12.2 Å². The van der Waals surface area contributed by atoms with E-state index in [-0.39, 0.29) is 17.5 Å². The van der Waals surface area contributed by atoms with Crippen molar-refractivity contribution < 1.29 is 4.79 Å². The molecule has 1 fully saturated rings. The van der Waals surface area contributed by atoms with Crippen LogP contribution in [0.15, 0.2) is 23.0 Å². The molecule has 5 nitrogen and oxygen atoms in total. The third kappa shape index (κ3) is 3.02. The molecule has 1 aliphatic rings. The summed E-state index contributed by atoms with van der Waals surface area (Å²) in [6.07, 6.45) is 3.40. The van der Waals surface area contributed by atoms with Crippen LogP contribution in [-0.4, -0.2) is 21.5 Å². The van der Waals surface area contributed by atoms with Crippen molar-refractivity contribution in [3.63, 3.8) is 0 Å². The molecule has 0 unspecified atom stereocenters. The predicted molar refractivity (Wildman–Crippen MR) is 97.8 cm³/mol. The van der Waals surface area contributed by atoms with E-state index in [0.29, 0.717) is 33.1 Å². The monoisotopic (exact) mass is 345 g/mol. The highest BCUT2D eigenvalue weighted by Crippen LogP contribution is 2.29. The summed E-state index contributed by atoms with van der Waals surface area (Å²) in [5.74, 6) is 1.00. The van der Waals surface area contributed by atoms with E-state index in [1.54, 1.807) is 25.2 Å². The molecule has 1 amide bonds. The number of hydrogen-bond donors (Lipinski definition) is 2. The maximum Gasteiger partial charge on any atom is 0.261 e. The summed E-state index contributed by atoms with van der Waals surface area (Å²) in [6.45, 7) is 4.45. The molecule has 0 aliphatic heterocycles. The lowest BCUT2D eigenvalue weighted by atomic mass is 9.78. The molecule has 2 aromatic rings. The fourth-order valence-corrected chi connectivity index (χ4v) is 3.68. The van der Waals surface area contributed by atoms with Crippen LogP contribution in [0, 0.1) is 16.6 Å². The number of aromatic nitrogens is 2. The molecule has 0 bridgehead atoms. The van der Waals surface area contributed by atoms with E-state index in [2.05, 4.69) is 24.1 Å². The molecular formula is C18H23N3O2S. The maximum absolute atomic E-state index is 12.6. The number of aromatic amines is 1. The summed E-state index contributed by atoms with van der Waals surface area (Å²) >= 11 is 5.14. The van der Waals surface area contributed by atoms with Crippen molar-refractivity contribution >= 4 is 29.0 Å². The standard InChI is InChI=1S/C18H23N3O2S/c1-10-5-4-6-14(11(10)2)19-16(22)12-7-8-13-15(9-12)20-18(24)21(3)17(13)23/h7-11,14H,4-6H2,1-3H3,(H,19,22)(H,20,24)/t10-,11-,14+/m1/s1. The Labute approximate surface area is 146 Å². The smallest absolute Gasteiger partial charge is 0.261 e. The lowest BCUT2D eigenvalue weighted by molar-refractivity contribution is 0.0891. The number of fused-ring (bicyclic) bond motifs is 1. The average Bonchev–Trinajstić information content (AvgIpc) is 2.56. The topological polar surface area (TPSA) is 66.9 Å². The minimum atomic E-state index is -0.157. The number of rotatable bonds is 2. The second-order valence-corrected chi connectivity index (χ2v) is 7.29. The van der Waals surface area contributed by atoms with Crippen molar-refractivity contribution in [3.8, 4) is 0 Å². The molecule has 24 heavy (non-hydrogen) atoms. The largest absolute Gasteiger partial charge is 0.349 e. The highest BCUT2D eigenvalue weighted by atomic mass is 32.1. The average molecular weight is 345 g/mol. The number of hydrogen-bond acceptors (Lipinski definition) is 3. The van der Waals surface area contributed by atoms with Crippen LogP contribution in [0.4, 0.5) is 0 Å². The summed E-state index contributed by atoms with van der Waals surface area (Å²) in [6, 6.07) is 5.30. The van der Waals surface area contributed by atoms with Crippen molar-refractivity contribution in [2.24, 2.45) is 18.9 Å². The second-order valence-electron chi connectivity index (χ2n) is 6.90. The third-order valence-corrected chi connectivity index (χ3v) is 5.76. The second kappa shape index (κ2) is 6.51. The highest BCUT2D eigenvalue weighted by Gasteiger charge is 2.28. The van der Waals surface area contributed by atoms with Crippen LogP contribution < -0.4 is 10.9 Å². The Morgan fingerprint density at radius 1 is 1.33 bits per heavy atom. The molecule has 1 aliphatic carbocycles. The van der Waals surface area contributed by atoms with Crippen molar-refractivity contribution in [1.29, 1.82) is 0 Å². The molecule has 1 aromatic heterocycles. The number of nitrogens with one attached hydrogen (secondary N) is 2. The fraction of sp³-hybridized carbons (Fsp3) is 0.500. The van der Waals surface area contributed by atoms with E-state index in [1.165, 1.54) is 11.0 Å². The van der Waals surface area contributed by atoms with Crippen molar-refractivity contribution in [2.45, 2.75) is 39.2 Å². The van der Waals surface area contributed by atoms with E-state index in [1.807, 2.05) is 0 Å². The lowest BCUT2D eigenvalue weighted by Crippen LogP contribution is -2.43. The summed E-state index contributed by atoms with van der Waals surface area (Å²) in [5, 5.41) is 3.69. The van der Waals surface area contributed by atoms with Gasteiger partial charge in [-0.15, -0.1) is 0 Å². The Morgan fingerprint density at radius 2 is 2.08 bits per heavy atom. The van der Waals surface area contributed by atoms with E-state index in [0.717, 1.165) is 12.8 Å². The first kappa shape index (κ1) is 16.9. The minimum Gasteiger partial charge on any atom is -0.349 e. The molecule has 3 atom stereocenters. The molecular weight excluding hydrogens is 322 g/mol. The summed E-state index contributed by atoms with van der Waals surface area (Å²) in [5.41, 5.74) is 0.989. The van der Waals surface area contributed by atoms with Crippen LogP contribution in [0.2, 0.25) is 0 Å². The predicted octanol–water partition coefficient (Wildman–Crippen LogP) is 3.15. The molecule has 1 heterocycles. The molecule has 3 rings (SSSR count). The first-order valence-electron chi connectivity index (χ1n) is 8.42.